The van der Waals surface area contributed by atoms with E-state index in [-0.39, 0.29) is 5.91 Å². The highest BCUT2D eigenvalue weighted by molar-refractivity contribution is 5.88. The van der Waals surface area contributed by atoms with Crippen molar-refractivity contribution < 1.29 is 18.0 Å². The molecule has 1 unspecified atom stereocenters. The van der Waals surface area contributed by atoms with E-state index >= 15 is 0 Å². The Balaban J connectivity index is 1.91. The van der Waals surface area contributed by atoms with Gasteiger partial charge in [-0.05, 0) is 50.4 Å². The van der Waals surface area contributed by atoms with Gasteiger partial charge in [0, 0.05) is 13.1 Å². The molecule has 0 radical (unpaired) electrons. The van der Waals surface area contributed by atoms with E-state index in [0.29, 0.717) is 37.4 Å². The van der Waals surface area contributed by atoms with Crippen molar-refractivity contribution in [2.75, 3.05) is 26.7 Å². The molecule has 0 aromatic heterocycles. The van der Waals surface area contributed by atoms with Crippen LogP contribution in [0.5, 0.6) is 0 Å². The Kier molecular flexibility index (Phi) is 5.61. The van der Waals surface area contributed by atoms with Gasteiger partial charge in [0.25, 0.3) is 0 Å². The lowest BCUT2D eigenvalue weighted by Gasteiger charge is -2.39. The largest absolute Gasteiger partial charge is 0.416 e. The van der Waals surface area contributed by atoms with Crippen molar-refractivity contribution in [2.24, 2.45) is 5.92 Å². The van der Waals surface area contributed by atoms with Crippen molar-refractivity contribution in [3.05, 3.63) is 35.4 Å². The van der Waals surface area contributed by atoms with Crippen LogP contribution in [0.25, 0.3) is 0 Å². The van der Waals surface area contributed by atoms with Crippen LogP contribution in [0.3, 0.4) is 0 Å². The molecule has 1 heterocycles. The number of hydrogen-bond donors (Lipinski definition) is 1. The lowest BCUT2D eigenvalue weighted by Crippen LogP contribution is -2.47. The Bertz CT molecular complexity index is 638. The van der Waals surface area contributed by atoms with Crippen molar-refractivity contribution in [2.45, 2.75) is 50.1 Å². The Morgan fingerprint density at radius 1 is 1.27 bits per heavy atom. The molecule has 3 rings (SSSR count). The van der Waals surface area contributed by atoms with E-state index in [2.05, 4.69) is 5.32 Å². The zero-order chi connectivity index (χ0) is 18.8. The summed E-state index contributed by atoms with van der Waals surface area (Å²) in [7, 11) is 1.90. The van der Waals surface area contributed by atoms with E-state index in [1.54, 1.807) is 6.07 Å². The van der Waals surface area contributed by atoms with Crippen molar-refractivity contribution in [1.82, 2.24) is 10.2 Å². The monoisotopic (exact) mass is 368 g/mol. The normalized spacial score (nSPS) is 23.2. The maximum atomic E-state index is 13.5. The Hall–Kier alpha value is -1.56. The highest BCUT2D eigenvalue weighted by Gasteiger charge is 2.45. The number of carbonyl (C=O) groups excluding carboxylic acids is 1. The third kappa shape index (κ3) is 3.75. The Morgan fingerprint density at radius 3 is 2.65 bits per heavy atom. The van der Waals surface area contributed by atoms with E-state index in [1.165, 1.54) is 12.1 Å². The smallest absolute Gasteiger partial charge is 0.342 e. The minimum Gasteiger partial charge on any atom is -0.342 e. The molecule has 1 aliphatic carbocycles. The summed E-state index contributed by atoms with van der Waals surface area (Å²) in [6, 6.07) is 5.43. The van der Waals surface area contributed by atoms with Crippen molar-refractivity contribution in [3.63, 3.8) is 0 Å². The third-order valence-corrected chi connectivity index (χ3v) is 5.92. The van der Waals surface area contributed by atoms with Gasteiger partial charge in [-0.15, -0.1) is 0 Å². The zero-order valence-electron chi connectivity index (χ0n) is 15.2. The van der Waals surface area contributed by atoms with Gasteiger partial charge in [-0.3, -0.25) is 4.79 Å². The average Bonchev–Trinajstić information content (AvgIpc) is 3.10. The van der Waals surface area contributed by atoms with E-state index in [9.17, 15) is 18.0 Å². The second-order valence-corrected chi connectivity index (χ2v) is 7.68. The van der Waals surface area contributed by atoms with Crippen LogP contribution in [0.15, 0.2) is 24.3 Å². The van der Waals surface area contributed by atoms with Gasteiger partial charge in [0.1, 0.15) is 0 Å². The zero-order valence-corrected chi connectivity index (χ0v) is 15.2. The van der Waals surface area contributed by atoms with E-state index in [1.807, 2.05) is 11.9 Å². The molecular weight excluding hydrogens is 341 g/mol. The molecule has 1 aliphatic heterocycles. The highest BCUT2D eigenvalue weighted by atomic mass is 19.4. The van der Waals surface area contributed by atoms with Crippen molar-refractivity contribution in [3.8, 4) is 0 Å². The molecule has 0 bridgehead atoms. The van der Waals surface area contributed by atoms with Crippen LogP contribution in [0, 0.1) is 5.92 Å². The number of benzene rings is 1. The van der Waals surface area contributed by atoms with Crippen LogP contribution in [0.4, 0.5) is 13.2 Å². The second kappa shape index (κ2) is 7.59. The number of nitrogens with one attached hydrogen (secondary N) is 1. The van der Waals surface area contributed by atoms with Crippen LogP contribution in [0.1, 0.15) is 49.7 Å². The van der Waals surface area contributed by atoms with Gasteiger partial charge in [-0.1, -0.05) is 37.5 Å². The molecule has 1 saturated heterocycles. The standard InChI is InChI=1S/C20H27F3N2O/c1-24-13-15-8-11-25(14-15)18(26)19(9-3-2-4-10-19)16-6-5-7-17(12-16)20(21,22)23/h5-7,12,15,24H,2-4,8-11,13-14H2,1H3. The number of likely N-dealkylation sites (tertiary alicyclic amines) is 1. The first-order valence-corrected chi connectivity index (χ1v) is 9.48. The van der Waals surface area contributed by atoms with Crippen LogP contribution in [0.2, 0.25) is 0 Å². The molecule has 1 saturated carbocycles. The molecule has 144 valence electrons. The number of carbonyl (C=O) groups is 1. The van der Waals surface area contributed by atoms with Crippen LogP contribution in [-0.2, 0) is 16.4 Å². The predicted molar refractivity (Wildman–Crippen MR) is 94.8 cm³/mol. The summed E-state index contributed by atoms with van der Waals surface area (Å²) in [5.41, 5.74) is -0.926. The summed E-state index contributed by atoms with van der Waals surface area (Å²) in [6.45, 7) is 2.26. The molecule has 1 N–H and O–H groups in total. The Labute approximate surface area is 152 Å². The maximum Gasteiger partial charge on any atom is 0.416 e. The van der Waals surface area contributed by atoms with Gasteiger partial charge in [0.2, 0.25) is 5.91 Å². The van der Waals surface area contributed by atoms with Gasteiger partial charge in [-0.2, -0.15) is 13.2 Å². The summed E-state index contributed by atoms with van der Waals surface area (Å²) in [5, 5.41) is 3.15. The van der Waals surface area contributed by atoms with Crippen LogP contribution < -0.4 is 5.32 Å². The third-order valence-electron chi connectivity index (χ3n) is 5.92. The molecule has 2 aliphatic rings. The number of hydrogen-bond acceptors (Lipinski definition) is 2. The Morgan fingerprint density at radius 2 is 2.00 bits per heavy atom. The predicted octanol–water partition coefficient (Wildman–Crippen LogP) is 3.98. The molecule has 2 fully saturated rings. The molecule has 26 heavy (non-hydrogen) atoms. The number of alkyl halides is 3. The molecular formula is C20H27F3N2O. The quantitative estimate of drug-likeness (QED) is 0.872. The molecule has 0 spiro atoms. The van der Waals surface area contributed by atoms with Gasteiger partial charge in [0.05, 0.1) is 11.0 Å². The first-order chi connectivity index (χ1) is 12.4. The van der Waals surface area contributed by atoms with Gasteiger partial charge >= 0.3 is 6.18 Å². The first-order valence-electron chi connectivity index (χ1n) is 9.48. The number of nitrogens with zero attached hydrogens (tertiary/aromatic N) is 1. The van der Waals surface area contributed by atoms with Crippen molar-refractivity contribution >= 4 is 5.91 Å². The lowest BCUT2D eigenvalue weighted by molar-refractivity contribution is -0.140. The first kappa shape index (κ1) is 19.2. The molecule has 6 heteroatoms. The fraction of sp³-hybridized carbons (Fsp3) is 0.650. The van der Waals surface area contributed by atoms with Gasteiger partial charge in [-0.25, -0.2) is 0 Å². The summed E-state index contributed by atoms with van der Waals surface area (Å²) in [6.07, 6.45) is 0.647. The molecule has 1 aromatic carbocycles. The SMILES string of the molecule is CNCC1CCN(C(=O)C2(c3cccc(C(F)(F)F)c3)CCCCC2)C1. The molecule has 1 aromatic rings. The van der Waals surface area contributed by atoms with Crippen LogP contribution in [-0.4, -0.2) is 37.5 Å². The topological polar surface area (TPSA) is 32.3 Å². The summed E-state index contributed by atoms with van der Waals surface area (Å²) in [5.74, 6) is 0.446. The minimum atomic E-state index is -4.39. The molecule has 1 amide bonds. The number of amides is 1. The summed E-state index contributed by atoms with van der Waals surface area (Å²) >= 11 is 0. The van der Waals surface area contributed by atoms with Crippen molar-refractivity contribution in [1.29, 1.82) is 0 Å². The second-order valence-electron chi connectivity index (χ2n) is 7.68. The fourth-order valence-corrected chi connectivity index (χ4v) is 4.55. The van der Waals surface area contributed by atoms with Crippen LogP contribution >= 0.6 is 0 Å². The molecule has 1 atom stereocenters. The van der Waals surface area contributed by atoms with E-state index in [0.717, 1.165) is 38.3 Å². The maximum absolute atomic E-state index is 13.5. The summed E-state index contributed by atoms with van der Waals surface area (Å²) < 4.78 is 39.6. The minimum absolute atomic E-state index is 0.0233. The van der Waals surface area contributed by atoms with E-state index in [4.69, 9.17) is 0 Å². The lowest BCUT2D eigenvalue weighted by atomic mass is 9.68. The van der Waals surface area contributed by atoms with Gasteiger partial charge < -0.3 is 10.2 Å². The number of halogens is 3. The molecule has 3 nitrogen and oxygen atoms in total. The van der Waals surface area contributed by atoms with E-state index < -0.39 is 17.2 Å². The number of rotatable bonds is 4. The summed E-state index contributed by atoms with van der Waals surface area (Å²) in [4.78, 5) is 15.3. The average molecular weight is 368 g/mol. The van der Waals surface area contributed by atoms with Gasteiger partial charge in [0.15, 0.2) is 0 Å². The fourth-order valence-electron chi connectivity index (χ4n) is 4.55. The highest BCUT2D eigenvalue weighted by Crippen LogP contribution is 2.43.